The van der Waals surface area contributed by atoms with Crippen molar-refractivity contribution >= 4 is 10.9 Å². The predicted octanol–water partition coefficient (Wildman–Crippen LogP) is 3.13. The summed E-state index contributed by atoms with van der Waals surface area (Å²) in [5.74, 6) is 0. The van der Waals surface area contributed by atoms with Crippen LogP contribution in [0.25, 0.3) is 10.9 Å². The number of rotatable bonds is 6. The highest BCUT2D eigenvalue weighted by Crippen LogP contribution is 2.18. The van der Waals surface area contributed by atoms with E-state index in [2.05, 4.69) is 23.7 Å². The van der Waals surface area contributed by atoms with Crippen LogP contribution < -0.4 is 0 Å². The summed E-state index contributed by atoms with van der Waals surface area (Å²) in [7, 11) is 0. The van der Waals surface area contributed by atoms with Gasteiger partial charge in [-0.05, 0) is 18.1 Å². The first kappa shape index (κ1) is 11.9. The number of alkyl halides is 1. The van der Waals surface area contributed by atoms with Crippen LogP contribution in [0.15, 0.2) is 43.1 Å². The summed E-state index contributed by atoms with van der Waals surface area (Å²) in [5, 5.41) is 1.23. The number of hydrogen-bond donors (Lipinski definition) is 1. The molecule has 0 saturated heterocycles. The number of H-pyrrole nitrogens is 1. The maximum absolute atomic E-state index is 12.7. The van der Waals surface area contributed by atoms with Gasteiger partial charge < -0.3 is 4.98 Å². The number of aromatic amines is 1. The number of nitrogens with one attached hydrogen (secondary N) is 1. The van der Waals surface area contributed by atoms with E-state index >= 15 is 0 Å². The van der Waals surface area contributed by atoms with Crippen molar-refractivity contribution in [2.75, 3.05) is 19.9 Å². The molecule has 1 aromatic carbocycles. The minimum atomic E-state index is -0.422. The molecule has 0 aliphatic heterocycles. The van der Waals surface area contributed by atoms with Gasteiger partial charge in [0, 0.05) is 30.2 Å². The third kappa shape index (κ3) is 2.74. The third-order valence-electron chi connectivity index (χ3n) is 2.93. The van der Waals surface area contributed by atoms with Gasteiger partial charge in [0.15, 0.2) is 0 Å². The Morgan fingerprint density at radius 1 is 1.35 bits per heavy atom. The average molecular weight is 232 g/mol. The van der Waals surface area contributed by atoms with Crippen molar-refractivity contribution in [1.82, 2.24) is 9.88 Å². The van der Waals surface area contributed by atoms with Crippen molar-refractivity contribution in [2.24, 2.45) is 0 Å². The van der Waals surface area contributed by atoms with Crippen molar-refractivity contribution in [3.8, 4) is 0 Å². The topological polar surface area (TPSA) is 19.0 Å². The van der Waals surface area contributed by atoms with Gasteiger partial charge in [-0.1, -0.05) is 24.3 Å². The highest BCUT2D eigenvalue weighted by atomic mass is 19.1. The Morgan fingerprint density at radius 2 is 2.18 bits per heavy atom. The number of benzene rings is 1. The molecule has 0 saturated carbocycles. The van der Waals surface area contributed by atoms with Crippen molar-refractivity contribution in [3.05, 3.63) is 48.7 Å². The molecule has 0 fully saturated rings. The quantitative estimate of drug-likeness (QED) is 0.599. The van der Waals surface area contributed by atoms with Gasteiger partial charge in [-0.15, -0.1) is 6.58 Å². The smallest absolute Gasteiger partial charge is 0.143 e. The molecule has 0 unspecified atom stereocenters. The molecule has 0 spiro atoms. The van der Waals surface area contributed by atoms with Crippen molar-refractivity contribution in [1.29, 1.82) is 0 Å². The van der Waals surface area contributed by atoms with E-state index in [1.54, 1.807) is 11.0 Å². The Hall–Kier alpha value is -1.61. The van der Waals surface area contributed by atoms with Crippen molar-refractivity contribution < 1.29 is 4.39 Å². The van der Waals surface area contributed by atoms with E-state index in [0.717, 1.165) is 11.9 Å². The molecule has 1 aromatic heterocycles. The molecule has 0 radical (unpaired) electrons. The second-order valence-corrected chi connectivity index (χ2v) is 4.09. The zero-order valence-corrected chi connectivity index (χ0v) is 9.82. The van der Waals surface area contributed by atoms with E-state index in [0.29, 0.717) is 13.1 Å². The maximum Gasteiger partial charge on any atom is 0.143 e. The van der Waals surface area contributed by atoms with Gasteiger partial charge in [0.25, 0.3) is 0 Å². The zero-order valence-electron chi connectivity index (χ0n) is 9.82. The van der Waals surface area contributed by atoms with Crippen LogP contribution in [0, 0.1) is 0 Å². The molecule has 90 valence electrons. The monoisotopic (exact) mass is 232 g/mol. The fourth-order valence-corrected chi connectivity index (χ4v) is 2.00. The van der Waals surface area contributed by atoms with Gasteiger partial charge in [-0.25, -0.2) is 4.39 Å². The Labute approximate surface area is 101 Å². The Bertz CT molecular complexity index is 490. The van der Waals surface area contributed by atoms with Crippen LogP contribution in [-0.2, 0) is 6.42 Å². The molecule has 1 N–H and O–H groups in total. The van der Waals surface area contributed by atoms with Crippen LogP contribution in [0.3, 0.4) is 0 Å². The molecule has 2 rings (SSSR count). The average Bonchev–Trinajstić information content (AvgIpc) is 2.78. The van der Waals surface area contributed by atoms with E-state index in [1.165, 1.54) is 10.9 Å². The maximum atomic E-state index is 12.7. The molecule has 2 nitrogen and oxygen atoms in total. The number of hydrogen-bond acceptors (Lipinski definition) is 1. The number of halogens is 1. The first-order chi connectivity index (χ1) is 8.35. The normalized spacial score (nSPS) is 11.2. The second kappa shape index (κ2) is 5.64. The van der Waals surface area contributed by atoms with E-state index in [-0.39, 0.29) is 0 Å². The molecule has 0 atom stereocenters. The number of aromatic nitrogens is 1. The predicted molar refractivity (Wildman–Crippen MR) is 69.7 cm³/mol. The van der Waals surface area contributed by atoms with Gasteiger partial charge in [-0.2, -0.15) is 0 Å². The van der Waals surface area contributed by atoms with Crippen LogP contribution in [0.4, 0.5) is 4.39 Å². The lowest BCUT2D eigenvalue weighted by Crippen LogP contribution is -2.25. The summed E-state index contributed by atoms with van der Waals surface area (Å²) in [4.78, 5) is 4.96. The molecule has 0 aliphatic rings. The minimum Gasteiger partial charge on any atom is -0.361 e. The Kier molecular flexibility index (Phi) is 3.94. The van der Waals surface area contributed by atoms with E-state index in [9.17, 15) is 4.39 Å². The van der Waals surface area contributed by atoms with Gasteiger partial charge in [0.2, 0.25) is 0 Å². The number of para-hydroxylation sites is 1. The first-order valence-corrected chi connectivity index (χ1v) is 5.79. The van der Waals surface area contributed by atoms with Gasteiger partial charge in [0.1, 0.15) is 6.80 Å². The summed E-state index contributed by atoms with van der Waals surface area (Å²) >= 11 is 0. The van der Waals surface area contributed by atoms with Crippen LogP contribution >= 0.6 is 0 Å². The van der Waals surface area contributed by atoms with Crippen molar-refractivity contribution in [2.45, 2.75) is 6.42 Å². The summed E-state index contributed by atoms with van der Waals surface area (Å²) in [6.45, 7) is 4.52. The highest BCUT2D eigenvalue weighted by Gasteiger charge is 2.06. The lowest BCUT2D eigenvalue weighted by Gasteiger charge is -2.15. The zero-order chi connectivity index (χ0) is 12.1. The summed E-state index contributed by atoms with van der Waals surface area (Å²) < 4.78 is 12.7. The van der Waals surface area contributed by atoms with Crippen LogP contribution in [0.5, 0.6) is 0 Å². The second-order valence-electron chi connectivity index (χ2n) is 4.09. The lowest BCUT2D eigenvalue weighted by molar-refractivity contribution is 0.206. The van der Waals surface area contributed by atoms with Gasteiger partial charge in [-0.3, -0.25) is 4.90 Å². The van der Waals surface area contributed by atoms with Crippen LogP contribution in [0.1, 0.15) is 5.56 Å². The Balaban J connectivity index is 2.05. The fourth-order valence-electron chi connectivity index (χ4n) is 2.00. The van der Waals surface area contributed by atoms with Crippen molar-refractivity contribution in [3.63, 3.8) is 0 Å². The molecule has 17 heavy (non-hydrogen) atoms. The number of fused-ring (bicyclic) bond motifs is 1. The van der Waals surface area contributed by atoms with Gasteiger partial charge in [0.05, 0.1) is 0 Å². The molecule has 0 amide bonds. The molecular formula is C14H17FN2. The van der Waals surface area contributed by atoms with E-state index in [1.807, 2.05) is 18.3 Å². The standard InChI is InChI=1S/C14H17FN2/c1-2-8-17(11-15)9-7-12-10-16-14-6-4-3-5-13(12)14/h2-6,10,16H,1,7-9,11H2. The molecular weight excluding hydrogens is 215 g/mol. The SMILES string of the molecule is C=CCN(CF)CCc1c[nH]c2ccccc12. The minimum absolute atomic E-state index is 0.422. The first-order valence-electron chi connectivity index (χ1n) is 5.79. The molecule has 1 heterocycles. The van der Waals surface area contributed by atoms with Gasteiger partial charge >= 0.3 is 0 Å². The Morgan fingerprint density at radius 3 is 2.94 bits per heavy atom. The van der Waals surface area contributed by atoms with E-state index in [4.69, 9.17) is 0 Å². The summed E-state index contributed by atoms with van der Waals surface area (Å²) in [6, 6.07) is 8.18. The third-order valence-corrected chi connectivity index (χ3v) is 2.93. The molecule has 0 aliphatic carbocycles. The van der Waals surface area contributed by atoms with Crippen LogP contribution in [0.2, 0.25) is 0 Å². The fraction of sp³-hybridized carbons (Fsp3) is 0.286. The van der Waals surface area contributed by atoms with E-state index < -0.39 is 6.80 Å². The molecule has 2 aromatic rings. The molecule has 0 bridgehead atoms. The molecule has 3 heteroatoms. The number of nitrogens with zero attached hydrogens (tertiary/aromatic N) is 1. The highest BCUT2D eigenvalue weighted by molar-refractivity contribution is 5.83. The lowest BCUT2D eigenvalue weighted by atomic mass is 10.1. The summed E-state index contributed by atoms with van der Waals surface area (Å²) in [6.07, 6.45) is 4.59. The largest absolute Gasteiger partial charge is 0.361 e. The summed E-state index contributed by atoms with van der Waals surface area (Å²) in [5.41, 5.74) is 2.38. The van der Waals surface area contributed by atoms with Crippen LogP contribution in [-0.4, -0.2) is 29.8 Å².